The van der Waals surface area contributed by atoms with Gasteiger partial charge in [-0.05, 0) is 111 Å². The first-order valence-electron chi connectivity index (χ1n) is 14.8. The van der Waals surface area contributed by atoms with Crippen molar-refractivity contribution in [3.8, 4) is 0 Å². The molecule has 0 aromatic rings. The molecule has 214 valence electrons. The fourth-order valence-corrected chi connectivity index (χ4v) is 10.4. The van der Waals surface area contributed by atoms with Crippen LogP contribution in [0, 0.1) is 46.3 Å². The SMILES string of the molecule is C[C@H](CCC(=O)O)[C@H]1CCC2[C@@H]3CC[C@@H]4C[C@H](OP(=O)(O)OCC[N+](C)(C)C)CC[C@]4(C)[C@H]3CC[C@@]21C. The minimum atomic E-state index is -4.04. The third-order valence-corrected chi connectivity index (χ3v) is 12.6. The van der Waals surface area contributed by atoms with Crippen molar-refractivity contribution in [2.24, 2.45) is 46.3 Å². The fourth-order valence-electron chi connectivity index (χ4n) is 9.49. The molecule has 0 amide bonds. The van der Waals surface area contributed by atoms with Crippen molar-refractivity contribution in [2.75, 3.05) is 34.3 Å². The molecule has 0 heterocycles. The Kier molecular flexibility index (Phi) is 8.65. The van der Waals surface area contributed by atoms with Gasteiger partial charge in [-0.1, -0.05) is 20.8 Å². The highest BCUT2D eigenvalue weighted by Crippen LogP contribution is 2.68. The lowest BCUT2D eigenvalue weighted by Crippen LogP contribution is -2.54. The third kappa shape index (κ3) is 6.32. The average molecular weight is 543 g/mol. The van der Waals surface area contributed by atoms with Crippen molar-refractivity contribution in [1.29, 1.82) is 0 Å². The number of phosphoric ester groups is 1. The maximum Gasteiger partial charge on any atom is 0.472 e. The van der Waals surface area contributed by atoms with Gasteiger partial charge in [0.05, 0.1) is 27.2 Å². The van der Waals surface area contributed by atoms with Gasteiger partial charge < -0.3 is 14.5 Å². The van der Waals surface area contributed by atoms with Crippen LogP contribution in [0.3, 0.4) is 0 Å². The van der Waals surface area contributed by atoms with Crippen LogP contribution in [0.2, 0.25) is 0 Å². The second-order valence-electron chi connectivity index (χ2n) is 14.6. The zero-order valence-electron chi connectivity index (χ0n) is 24.2. The van der Waals surface area contributed by atoms with Gasteiger partial charge in [0.2, 0.25) is 0 Å². The molecule has 0 aromatic heterocycles. The summed E-state index contributed by atoms with van der Waals surface area (Å²) in [5.41, 5.74) is 0.621. The number of phosphoric acid groups is 1. The first kappa shape index (κ1) is 29.5. The van der Waals surface area contributed by atoms with Crippen LogP contribution in [-0.4, -0.2) is 60.9 Å². The van der Waals surface area contributed by atoms with E-state index < -0.39 is 13.8 Å². The number of aliphatic carboxylic acids is 1. The van der Waals surface area contributed by atoms with E-state index in [0.29, 0.717) is 34.2 Å². The number of carbonyl (C=O) groups is 1. The summed E-state index contributed by atoms with van der Waals surface area (Å²) < 4.78 is 24.4. The van der Waals surface area contributed by atoms with E-state index in [4.69, 9.17) is 9.05 Å². The summed E-state index contributed by atoms with van der Waals surface area (Å²) in [7, 11) is 2.05. The average Bonchev–Trinajstić information content (AvgIpc) is 3.13. The standard InChI is InChI=1S/C29H52NO6P/c1-20(7-12-27(31)32)24-10-11-25-23-9-8-21-19-22(36-37(33,34)35-18-17-30(4,5)6)13-15-28(21,2)26(23)14-16-29(24,25)3/h20-26H,7-19H2,1-6H3,(H-,31,32,33,34)/p+1/t20-,21-,22-,23+,24-,25?,26+,28+,29-/m1/s1. The molecule has 0 aromatic carbocycles. The van der Waals surface area contributed by atoms with Crippen LogP contribution >= 0.6 is 7.82 Å². The van der Waals surface area contributed by atoms with Crippen LogP contribution in [0.15, 0.2) is 0 Å². The lowest BCUT2D eigenvalue weighted by Gasteiger charge is -2.61. The Morgan fingerprint density at radius 3 is 2.38 bits per heavy atom. The van der Waals surface area contributed by atoms with Crippen molar-refractivity contribution in [1.82, 2.24) is 0 Å². The molecule has 4 saturated carbocycles. The van der Waals surface area contributed by atoms with Gasteiger partial charge >= 0.3 is 13.8 Å². The largest absolute Gasteiger partial charge is 0.481 e. The van der Waals surface area contributed by atoms with Crippen molar-refractivity contribution < 1.29 is 32.9 Å². The normalized spacial score (nSPS) is 42.2. The Bertz CT molecular complexity index is 875. The predicted octanol–water partition coefficient (Wildman–Crippen LogP) is 6.35. The number of hydrogen-bond acceptors (Lipinski definition) is 4. The Hall–Kier alpha value is -0.460. The fraction of sp³-hybridized carbons (Fsp3) is 0.966. The highest BCUT2D eigenvalue weighted by molar-refractivity contribution is 7.47. The number of carboxylic acids is 1. The smallest absolute Gasteiger partial charge is 0.472 e. The molecule has 4 fully saturated rings. The quantitative estimate of drug-likeness (QED) is 0.247. The molecule has 8 heteroatoms. The Morgan fingerprint density at radius 1 is 1.03 bits per heavy atom. The zero-order chi connectivity index (χ0) is 27.2. The van der Waals surface area contributed by atoms with E-state index in [-0.39, 0.29) is 24.5 Å². The van der Waals surface area contributed by atoms with Crippen LogP contribution in [0.1, 0.15) is 91.4 Å². The van der Waals surface area contributed by atoms with E-state index in [1.807, 2.05) is 21.1 Å². The van der Waals surface area contributed by atoms with Crippen LogP contribution in [-0.2, 0) is 18.4 Å². The van der Waals surface area contributed by atoms with E-state index in [0.717, 1.165) is 43.4 Å². The second kappa shape index (κ2) is 10.8. The maximum atomic E-state index is 12.6. The minimum Gasteiger partial charge on any atom is -0.481 e. The van der Waals surface area contributed by atoms with E-state index in [1.165, 1.54) is 38.5 Å². The van der Waals surface area contributed by atoms with Gasteiger partial charge in [-0.2, -0.15) is 0 Å². The first-order valence-corrected chi connectivity index (χ1v) is 16.3. The summed E-state index contributed by atoms with van der Waals surface area (Å²) in [5, 5.41) is 9.20. The van der Waals surface area contributed by atoms with Crippen molar-refractivity contribution >= 4 is 13.8 Å². The zero-order valence-corrected chi connectivity index (χ0v) is 25.1. The number of fused-ring (bicyclic) bond motifs is 5. The van der Waals surface area contributed by atoms with Crippen molar-refractivity contribution in [3.63, 3.8) is 0 Å². The molecule has 0 spiro atoms. The molecule has 0 saturated heterocycles. The van der Waals surface area contributed by atoms with Gasteiger partial charge in [0, 0.05) is 6.42 Å². The third-order valence-electron chi connectivity index (χ3n) is 11.5. The molecule has 4 aliphatic rings. The molecule has 4 aliphatic carbocycles. The van der Waals surface area contributed by atoms with Gasteiger partial charge in [0.15, 0.2) is 0 Å². The van der Waals surface area contributed by atoms with E-state index in [2.05, 4.69) is 20.8 Å². The Morgan fingerprint density at radius 2 is 1.70 bits per heavy atom. The molecule has 2 N–H and O–H groups in total. The van der Waals surface area contributed by atoms with E-state index in [1.54, 1.807) is 0 Å². The van der Waals surface area contributed by atoms with E-state index >= 15 is 0 Å². The molecular formula is C29H53NO6P+. The summed E-state index contributed by atoms with van der Waals surface area (Å²) in [6, 6.07) is 0. The van der Waals surface area contributed by atoms with Gasteiger partial charge in [-0.15, -0.1) is 0 Å². The molecule has 37 heavy (non-hydrogen) atoms. The molecule has 10 atom stereocenters. The van der Waals surface area contributed by atoms with E-state index in [9.17, 15) is 19.4 Å². The number of nitrogens with zero attached hydrogens (tertiary/aromatic N) is 1. The predicted molar refractivity (Wildman–Crippen MR) is 145 cm³/mol. The molecule has 2 unspecified atom stereocenters. The van der Waals surface area contributed by atoms with Crippen LogP contribution < -0.4 is 0 Å². The summed E-state index contributed by atoms with van der Waals surface area (Å²) in [6.07, 6.45) is 11.1. The lowest BCUT2D eigenvalue weighted by molar-refractivity contribution is -0.870. The van der Waals surface area contributed by atoms with Crippen molar-refractivity contribution in [3.05, 3.63) is 0 Å². The molecular weight excluding hydrogens is 489 g/mol. The number of hydrogen-bond donors (Lipinski definition) is 2. The van der Waals surface area contributed by atoms with Gasteiger partial charge in [-0.3, -0.25) is 13.8 Å². The Labute approximate surface area is 224 Å². The van der Waals surface area contributed by atoms with Crippen LogP contribution in [0.5, 0.6) is 0 Å². The summed E-state index contributed by atoms with van der Waals surface area (Å²) in [4.78, 5) is 21.5. The number of rotatable bonds is 10. The van der Waals surface area contributed by atoms with Crippen LogP contribution in [0.25, 0.3) is 0 Å². The lowest BCUT2D eigenvalue weighted by atomic mass is 9.44. The molecule has 0 radical (unpaired) electrons. The molecule has 0 bridgehead atoms. The van der Waals surface area contributed by atoms with Gasteiger partial charge in [-0.25, -0.2) is 4.57 Å². The molecule has 7 nitrogen and oxygen atoms in total. The molecule has 4 rings (SSSR count). The summed E-state index contributed by atoms with van der Waals surface area (Å²) >= 11 is 0. The second-order valence-corrected chi connectivity index (χ2v) is 16.0. The Balaban J connectivity index is 1.37. The highest BCUT2D eigenvalue weighted by Gasteiger charge is 2.60. The van der Waals surface area contributed by atoms with Crippen LogP contribution in [0.4, 0.5) is 0 Å². The summed E-state index contributed by atoms with van der Waals surface area (Å²) in [5.74, 6) is 3.22. The highest BCUT2D eigenvalue weighted by atomic mass is 31.2. The van der Waals surface area contributed by atoms with Gasteiger partial charge in [0.25, 0.3) is 0 Å². The molecule has 0 aliphatic heterocycles. The number of carboxylic acid groups (broad SMARTS) is 1. The number of quaternary nitrogens is 1. The van der Waals surface area contributed by atoms with Crippen molar-refractivity contribution in [2.45, 2.75) is 97.5 Å². The minimum absolute atomic E-state index is 0.200. The summed E-state index contributed by atoms with van der Waals surface area (Å²) in [6.45, 7) is 8.19. The topological polar surface area (TPSA) is 93.1 Å². The monoisotopic (exact) mass is 542 g/mol. The number of likely N-dealkylation sites (N-methyl/N-ethyl adjacent to an activating group) is 1. The van der Waals surface area contributed by atoms with Gasteiger partial charge in [0.1, 0.15) is 13.2 Å². The first-order chi connectivity index (χ1) is 17.1. The maximum absolute atomic E-state index is 12.6.